The number of hydrogen-bond donors (Lipinski definition) is 1. The zero-order valence-corrected chi connectivity index (χ0v) is 13.8. The van der Waals surface area contributed by atoms with E-state index in [-0.39, 0.29) is 25.2 Å². The Morgan fingerprint density at radius 2 is 1.88 bits per heavy atom. The van der Waals surface area contributed by atoms with Crippen LogP contribution in [0, 0.1) is 0 Å². The summed E-state index contributed by atoms with van der Waals surface area (Å²) in [5, 5.41) is 10.5. The number of rotatable bonds is 5. The number of amides is 1. The van der Waals surface area contributed by atoms with Gasteiger partial charge in [0.25, 0.3) is 0 Å². The number of benzene rings is 2. The largest absolute Gasteiger partial charge is 0.454 e. The summed E-state index contributed by atoms with van der Waals surface area (Å²) in [4.78, 5) is 14.1. The van der Waals surface area contributed by atoms with E-state index in [4.69, 9.17) is 9.47 Å². The smallest absolute Gasteiger partial charge is 0.231 e. The van der Waals surface area contributed by atoms with E-state index in [9.17, 15) is 9.90 Å². The van der Waals surface area contributed by atoms with Crippen molar-refractivity contribution in [3.8, 4) is 11.5 Å². The van der Waals surface area contributed by atoms with Crippen molar-refractivity contribution < 1.29 is 19.4 Å². The van der Waals surface area contributed by atoms with E-state index in [0.29, 0.717) is 11.5 Å². The van der Waals surface area contributed by atoms with E-state index in [0.717, 1.165) is 11.1 Å². The Morgan fingerprint density at radius 1 is 1.17 bits per heavy atom. The highest BCUT2D eigenvalue weighted by Gasteiger charge is 2.24. The predicted molar refractivity (Wildman–Crippen MR) is 89.9 cm³/mol. The first-order valence-corrected chi connectivity index (χ1v) is 7.93. The van der Waals surface area contributed by atoms with Gasteiger partial charge in [0.05, 0.1) is 18.6 Å². The van der Waals surface area contributed by atoms with E-state index in [2.05, 4.69) is 0 Å². The zero-order chi connectivity index (χ0) is 17.1. The van der Waals surface area contributed by atoms with Gasteiger partial charge >= 0.3 is 0 Å². The summed E-state index contributed by atoms with van der Waals surface area (Å²) in [6.07, 6.45) is -0.476. The third-order valence-corrected chi connectivity index (χ3v) is 4.39. The van der Waals surface area contributed by atoms with Crippen molar-refractivity contribution in [2.45, 2.75) is 25.5 Å². The molecule has 126 valence electrons. The Balaban J connectivity index is 1.66. The third kappa shape index (κ3) is 3.36. The number of ether oxygens (including phenoxy) is 2. The molecule has 0 aromatic heterocycles. The zero-order valence-electron chi connectivity index (χ0n) is 13.8. The number of fused-ring (bicyclic) bond motifs is 1. The molecule has 1 amide bonds. The number of carbonyl (C=O) groups is 1. The summed E-state index contributed by atoms with van der Waals surface area (Å²) in [6, 6.07) is 14.5. The second-order valence-corrected chi connectivity index (χ2v) is 5.97. The fourth-order valence-electron chi connectivity index (χ4n) is 2.72. The highest BCUT2D eigenvalue weighted by Crippen LogP contribution is 2.32. The molecule has 0 unspecified atom stereocenters. The molecule has 24 heavy (non-hydrogen) atoms. The molecule has 0 spiro atoms. The minimum atomic E-state index is -0.725. The molecule has 0 aliphatic carbocycles. The molecule has 5 nitrogen and oxygen atoms in total. The molecule has 1 N–H and O–H groups in total. The van der Waals surface area contributed by atoms with Gasteiger partial charge in [-0.3, -0.25) is 4.79 Å². The maximum Gasteiger partial charge on any atom is 0.231 e. The van der Waals surface area contributed by atoms with Gasteiger partial charge in [0.2, 0.25) is 12.7 Å². The number of aliphatic hydroxyl groups excluding tert-OH is 1. The Morgan fingerprint density at radius 3 is 2.62 bits per heavy atom. The number of carbonyl (C=O) groups excluding carboxylic acids is 1. The normalized spacial score (nSPS) is 15.0. The highest BCUT2D eigenvalue weighted by atomic mass is 16.7. The van der Waals surface area contributed by atoms with E-state index in [1.54, 1.807) is 11.9 Å². The Hall–Kier alpha value is -2.53. The van der Waals surface area contributed by atoms with Crippen LogP contribution in [0.3, 0.4) is 0 Å². The van der Waals surface area contributed by atoms with E-state index in [1.807, 2.05) is 55.5 Å². The van der Waals surface area contributed by atoms with Gasteiger partial charge in [-0.15, -0.1) is 0 Å². The maximum atomic E-state index is 12.5. The number of nitrogens with zero attached hydrogens (tertiary/aromatic N) is 1. The summed E-state index contributed by atoms with van der Waals surface area (Å²) in [5.41, 5.74) is 1.66. The molecule has 0 fully saturated rings. The first-order chi connectivity index (χ1) is 11.6. The standard InChI is InChI=1S/C19H21NO4/c1-13(19(22)15-6-4-3-5-7-15)20(2)18(21)11-14-8-9-16-17(10-14)24-12-23-16/h3-10,13,19,22H,11-12H2,1-2H3/t13-,19+/m1/s1. The fraction of sp³-hybridized carbons (Fsp3) is 0.316. The van der Waals surface area contributed by atoms with Crippen molar-refractivity contribution in [1.29, 1.82) is 0 Å². The molecule has 0 radical (unpaired) electrons. The molecular formula is C19H21NO4. The molecule has 0 saturated heterocycles. The van der Waals surface area contributed by atoms with E-state index in [1.165, 1.54) is 0 Å². The summed E-state index contributed by atoms with van der Waals surface area (Å²) in [6.45, 7) is 2.06. The Bertz CT molecular complexity index is 717. The second kappa shape index (κ2) is 6.93. The minimum absolute atomic E-state index is 0.0589. The second-order valence-electron chi connectivity index (χ2n) is 5.97. The van der Waals surface area contributed by atoms with Crippen LogP contribution >= 0.6 is 0 Å². The third-order valence-electron chi connectivity index (χ3n) is 4.39. The molecule has 5 heteroatoms. The van der Waals surface area contributed by atoms with Gasteiger partial charge in [-0.05, 0) is 30.2 Å². The lowest BCUT2D eigenvalue weighted by Crippen LogP contribution is -2.39. The van der Waals surface area contributed by atoms with Crippen LogP contribution in [0.15, 0.2) is 48.5 Å². The van der Waals surface area contributed by atoms with Gasteiger partial charge in [-0.25, -0.2) is 0 Å². The number of likely N-dealkylation sites (N-methyl/N-ethyl adjacent to an activating group) is 1. The summed E-state index contributed by atoms with van der Waals surface area (Å²) in [7, 11) is 1.71. The van der Waals surface area contributed by atoms with Crippen molar-refractivity contribution in [2.75, 3.05) is 13.8 Å². The van der Waals surface area contributed by atoms with Crippen LogP contribution in [0.25, 0.3) is 0 Å². The molecule has 1 aliphatic heterocycles. The van der Waals surface area contributed by atoms with Gasteiger partial charge in [0, 0.05) is 7.05 Å². The van der Waals surface area contributed by atoms with E-state index < -0.39 is 6.10 Å². The molecular weight excluding hydrogens is 306 g/mol. The lowest BCUT2D eigenvalue weighted by molar-refractivity contribution is -0.133. The number of aliphatic hydroxyl groups is 1. The average Bonchev–Trinajstić information content (AvgIpc) is 3.08. The Kier molecular flexibility index (Phi) is 4.71. The van der Waals surface area contributed by atoms with Crippen LogP contribution in [0.2, 0.25) is 0 Å². The van der Waals surface area contributed by atoms with Crippen LogP contribution in [-0.4, -0.2) is 35.8 Å². The first-order valence-electron chi connectivity index (χ1n) is 7.93. The molecule has 2 aromatic rings. The fourth-order valence-corrected chi connectivity index (χ4v) is 2.72. The van der Waals surface area contributed by atoms with Gasteiger partial charge < -0.3 is 19.5 Å². The van der Waals surface area contributed by atoms with Crippen molar-refractivity contribution >= 4 is 5.91 Å². The number of hydrogen-bond acceptors (Lipinski definition) is 4. The van der Waals surface area contributed by atoms with Crippen molar-refractivity contribution in [2.24, 2.45) is 0 Å². The van der Waals surface area contributed by atoms with Gasteiger partial charge in [0.15, 0.2) is 11.5 Å². The topological polar surface area (TPSA) is 59.0 Å². The summed E-state index contributed by atoms with van der Waals surface area (Å²) in [5.74, 6) is 1.31. The molecule has 0 saturated carbocycles. The van der Waals surface area contributed by atoms with Gasteiger partial charge in [0.1, 0.15) is 0 Å². The lowest BCUT2D eigenvalue weighted by atomic mass is 10.0. The molecule has 0 bridgehead atoms. The van der Waals surface area contributed by atoms with Crippen molar-refractivity contribution in [1.82, 2.24) is 4.90 Å². The van der Waals surface area contributed by atoms with Crippen LogP contribution in [0.1, 0.15) is 24.2 Å². The molecule has 2 aromatic carbocycles. The Labute approximate surface area is 141 Å². The SMILES string of the molecule is C[C@H]([C@H](O)c1ccccc1)N(C)C(=O)Cc1ccc2c(c1)OCO2. The molecule has 1 heterocycles. The predicted octanol–water partition coefficient (Wildman–Crippen LogP) is 2.54. The van der Waals surface area contributed by atoms with Crippen molar-refractivity contribution in [3.63, 3.8) is 0 Å². The maximum absolute atomic E-state index is 12.5. The van der Waals surface area contributed by atoms with Gasteiger partial charge in [-0.1, -0.05) is 36.4 Å². The summed E-state index contributed by atoms with van der Waals surface area (Å²) < 4.78 is 10.6. The minimum Gasteiger partial charge on any atom is -0.454 e. The average molecular weight is 327 g/mol. The quantitative estimate of drug-likeness (QED) is 0.917. The van der Waals surface area contributed by atoms with Crippen LogP contribution in [0.5, 0.6) is 11.5 Å². The molecule has 2 atom stereocenters. The first kappa shape index (κ1) is 16.3. The van der Waals surface area contributed by atoms with Crippen LogP contribution in [0.4, 0.5) is 0 Å². The molecule has 3 rings (SSSR count). The van der Waals surface area contributed by atoms with Gasteiger partial charge in [-0.2, -0.15) is 0 Å². The molecule has 1 aliphatic rings. The van der Waals surface area contributed by atoms with E-state index >= 15 is 0 Å². The van der Waals surface area contributed by atoms with Crippen LogP contribution in [-0.2, 0) is 11.2 Å². The van der Waals surface area contributed by atoms with Crippen LogP contribution < -0.4 is 9.47 Å². The van der Waals surface area contributed by atoms with Crippen molar-refractivity contribution in [3.05, 3.63) is 59.7 Å². The monoisotopic (exact) mass is 327 g/mol. The highest BCUT2D eigenvalue weighted by molar-refractivity contribution is 5.79. The summed E-state index contributed by atoms with van der Waals surface area (Å²) >= 11 is 0. The lowest BCUT2D eigenvalue weighted by Gasteiger charge is -2.29.